The van der Waals surface area contributed by atoms with Crippen LogP contribution >= 0.6 is 23.2 Å². The Kier molecular flexibility index (Phi) is 3.75. The zero-order valence-electron chi connectivity index (χ0n) is 15.9. The predicted octanol–water partition coefficient (Wildman–Crippen LogP) is 5.92. The van der Waals surface area contributed by atoms with Crippen molar-refractivity contribution >= 4 is 40.7 Å². The van der Waals surface area contributed by atoms with Crippen molar-refractivity contribution in [3.8, 4) is 0 Å². The van der Waals surface area contributed by atoms with Crippen LogP contribution in [0.2, 0.25) is 10.0 Å². The van der Waals surface area contributed by atoms with Crippen molar-refractivity contribution in [2.24, 2.45) is 5.41 Å². The van der Waals surface area contributed by atoms with Crippen molar-refractivity contribution in [3.05, 3.63) is 99.0 Å². The SMILES string of the molecule is O=C1C[C@@]2(CC3c4ccccc4C2c2ccccc23)C(=O)N1c1cc(Cl)cc(Cl)c1. The van der Waals surface area contributed by atoms with Crippen LogP contribution in [0.25, 0.3) is 0 Å². The third-order valence-corrected chi connectivity index (χ3v) is 7.37. The summed E-state index contributed by atoms with van der Waals surface area (Å²) in [4.78, 5) is 28.4. The second-order valence-corrected chi connectivity index (χ2v) is 9.32. The van der Waals surface area contributed by atoms with Crippen LogP contribution < -0.4 is 4.90 Å². The van der Waals surface area contributed by atoms with Gasteiger partial charge in [0, 0.05) is 28.3 Å². The molecule has 7 rings (SSSR count). The van der Waals surface area contributed by atoms with Crippen LogP contribution in [0.3, 0.4) is 0 Å². The number of hydrogen-bond acceptors (Lipinski definition) is 2. The molecule has 1 heterocycles. The fourth-order valence-electron chi connectivity index (χ4n) is 5.89. The molecule has 1 atom stereocenters. The lowest BCUT2D eigenvalue weighted by Crippen LogP contribution is -2.47. The van der Waals surface area contributed by atoms with Crippen LogP contribution in [0.5, 0.6) is 0 Å². The Labute approximate surface area is 184 Å². The van der Waals surface area contributed by atoms with E-state index in [0.717, 1.165) is 0 Å². The number of nitrogens with zero attached hydrogens (tertiary/aromatic N) is 1. The number of benzene rings is 3. The third-order valence-electron chi connectivity index (χ3n) is 6.94. The summed E-state index contributed by atoms with van der Waals surface area (Å²) in [5.41, 5.74) is 4.55. The molecule has 0 saturated carbocycles. The van der Waals surface area contributed by atoms with Gasteiger partial charge in [0.25, 0.3) is 0 Å². The largest absolute Gasteiger partial charge is 0.274 e. The Balaban J connectivity index is 1.55. The highest BCUT2D eigenvalue weighted by Gasteiger charge is 2.62. The highest BCUT2D eigenvalue weighted by atomic mass is 35.5. The molecule has 3 aromatic carbocycles. The molecule has 1 spiro atoms. The molecule has 0 N–H and O–H groups in total. The van der Waals surface area contributed by atoms with Gasteiger partial charge in [-0.25, -0.2) is 4.90 Å². The van der Waals surface area contributed by atoms with Gasteiger partial charge in [-0.3, -0.25) is 9.59 Å². The van der Waals surface area contributed by atoms with Gasteiger partial charge in [-0.2, -0.15) is 0 Å². The molecule has 0 aromatic heterocycles. The molecule has 4 aliphatic rings. The van der Waals surface area contributed by atoms with E-state index < -0.39 is 5.41 Å². The molecule has 2 bridgehead atoms. The zero-order valence-corrected chi connectivity index (χ0v) is 17.5. The van der Waals surface area contributed by atoms with Gasteiger partial charge in [0.2, 0.25) is 11.8 Å². The maximum Gasteiger partial charge on any atom is 0.241 e. The van der Waals surface area contributed by atoms with Gasteiger partial charge >= 0.3 is 0 Å². The maximum absolute atomic E-state index is 13.9. The van der Waals surface area contributed by atoms with Crippen LogP contribution in [0.15, 0.2) is 66.7 Å². The Bertz CT molecular complexity index is 1190. The number of carbonyl (C=O) groups is 2. The Morgan fingerprint density at radius 3 is 1.90 bits per heavy atom. The van der Waals surface area contributed by atoms with Gasteiger partial charge in [0.1, 0.15) is 0 Å². The summed E-state index contributed by atoms with van der Waals surface area (Å²) in [6, 6.07) is 21.5. The van der Waals surface area contributed by atoms with E-state index in [0.29, 0.717) is 22.2 Å². The first-order valence-corrected chi connectivity index (χ1v) is 10.8. The Hall–Kier alpha value is -2.62. The van der Waals surface area contributed by atoms with Crippen LogP contribution in [0.4, 0.5) is 5.69 Å². The van der Waals surface area contributed by atoms with Crippen molar-refractivity contribution in [1.29, 1.82) is 0 Å². The number of rotatable bonds is 1. The monoisotopic (exact) mass is 433 g/mol. The number of hydrogen-bond donors (Lipinski definition) is 0. The fourth-order valence-corrected chi connectivity index (χ4v) is 6.40. The smallest absolute Gasteiger partial charge is 0.241 e. The van der Waals surface area contributed by atoms with E-state index in [2.05, 4.69) is 36.4 Å². The van der Waals surface area contributed by atoms with E-state index in [1.807, 2.05) is 12.1 Å². The minimum absolute atomic E-state index is 0.113. The number of carbonyl (C=O) groups excluding carboxylic acids is 2. The third kappa shape index (κ3) is 2.28. The lowest BCUT2D eigenvalue weighted by molar-refractivity contribution is -0.127. The summed E-state index contributed by atoms with van der Waals surface area (Å²) in [6.07, 6.45) is 0.834. The summed E-state index contributed by atoms with van der Waals surface area (Å²) in [7, 11) is 0. The standard InChI is InChI=1S/C25H17Cl2NO2/c26-14-9-15(27)11-16(10-14)28-22(29)13-25(24(28)30)12-21-17-5-1-3-7-19(17)23(25)20-8-4-2-6-18(20)21/h1-11,21,23H,12-13H2/t21?,23?,25-/m1/s1. The molecular formula is C25H17Cl2NO2. The summed E-state index contributed by atoms with van der Waals surface area (Å²) < 4.78 is 0. The van der Waals surface area contributed by atoms with Crippen molar-refractivity contribution < 1.29 is 9.59 Å². The van der Waals surface area contributed by atoms with Gasteiger partial charge in [-0.15, -0.1) is 0 Å². The fraction of sp³-hybridized carbons (Fsp3) is 0.200. The van der Waals surface area contributed by atoms with Gasteiger partial charge < -0.3 is 0 Å². The second kappa shape index (κ2) is 6.19. The van der Waals surface area contributed by atoms with Crippen LogP contribution in [-0.2, 0) is 9.59 Å². The molecule has 30 heavy (non-hydrogen) atoms. The van der Waals surface area contributed by atoms with E-state index in [9.17, 15) is 9.59 Å². The Morgan fingerprint density at radius 2 is 1.33 bits per heavy atom. The molecule has 2 amide bonds. The van der Waals surface area contributed by atoms with Crippen LogP contribution in [-0.4, -0.2) is 11.8 Å². The number of halogens is 2. The van der Waals surface area contributed by atoms with E-state index >= 15 is 0 Å². The molecule has 0 radical (unpaired) electrons. The number of anilines is 1. The summed E-state index contributed by atoms with van der Waals surface area (Å²) in [6.45, 7) is 0. The van der Waals surface area contributed by atoms with Crippen molar-refractivity contribution in [2.75, 3.05) is 4.90 Å². The highest BCUT2D eigenvalue weighted by molar-refractivity contribution is 6.35. The van der Waals surface area contributed by atoms with Crippen molar-refractivity contribution in [1.82, 2.24) is 0 Å². The van der Waals surface area contributed by atoms with E-state index in [4.69, 9.17) is 23.2 Å². The highest BCUT2D eigenvalue weighted by Crippen LogP contribution is 2.64. The Morgan fingerprint density at radius 1 is 0.800 bits per heavy atom. The van der Waals surface area contributed by atoms with Crippen molar-refractivity contribution in [3.63, 3.8) is 0 Å². The molecular weight excluding hydrogens is 417 g/mol. The molecule has 1 fully saturated rings. The molecule has 148 valence electrons. The van der Waals surface area contributed by atoms with Crippen LogP contribution in [0, 0.1) is 5.41 Å². The van der Waals surface area contributed by atoms with Gasteiger partial charge in [0.15, 0.2) is 0 Å². The molecule has 3 aliphatic carbocycles. The van der Waals surface area contributed by atoms with E-state index in [1.165, 1.54) is 27.2 Å². The molecule has 0 unspecified atom stereocenters. The molecule has 3 aromatic rings. The van der Waals surface area contributed by atoms with Gasteiger partial charge in [0.05, 0.1) is 11.1 Å². The zero-order chi connectivity index (χ0) is 20.6. The predicted molar refractivity (Wildman–Crippen MR) is 117 cm³/mol. The van der Waals surface area contributed by atoms with E-state index in [-0.39, 0.29) is 30.1 Å². The number of imide groups is 1. The van der Waals surface area contributed by atoms with E-state index in [1.54, 1.807) is 18.2 Å². The quantitative estimate of drug-likeness (QED) is 0.446. The first-order chi connectivity index (χ1) is 14.5. The first-order valence-electron chi connectivity index (χ1n) is 10.0. The molecule has 1 aliphatic heterocycles. The minimum atomic E-state index is -0.779. The van der Waals surface area contributed by atoms with Crippen LogP contribution in [0.1, 0.15) is 46.9 Å². The molecule has 3 nitrogen and oxygen atoms in total. The van der Waals surface area contributed by atoms with Gasteiger partial charge in [-0.1, -0.05) is 71.7 Å². The van der Waals surface area contributed by atoms with Gasteiger partial charge in [-0.05, 0) is 46.9 Å². The number of amides is 2. The summed E-state index contributed by atoms with van der Waals surface area (Å²) in [5.74, 6) is -0.362. The average Bonchev–Trinajstić information content (AvgIpc) is 2.97. The lowest BCUT2D eigenvalue weighted by Gasteiger charge is -2.50. The first kappa shape index (κ1) is 18.2. The normalized spacial score (nSPS) is 26.3. The maximum atomic E-state index is 13.9. The average molecular weight is 434 g/mol. The molecule has 1 saturated heterocycles. The summed E-state index contributed by atoms with van der Waals surface area (Å²) >= 11 is 12.3. The molecule has 5 heteroatoms. The lowest BCUT2D eigenvalue weighted by atomic mass is 9.51. The van der Waals surface area contributed by atoms with Crippen molar-refractivity contribution in [2.45, 2.75) is 24.7 Å². The summed E-state index contributed by atoms with van der Waals surface area (Å²) in [5, 5.41) is 0.805. The minimum Gasteiger partial charge on any atom is -0.274 e. The topological polar surface area (TPSA) is 37.4 Å². The second-order valence-electron chi connectivity index (χ2n) is 8.44.